The van der Waals surface area contributed by atoms with Gasteiger partial charge in [-0.15, -0.1) is 0 Å². The minimum absolute atomic E-state index is 0.520. The van der Waals surface area contributed by atoms with Crippen LogP contribution in [0, 0.1) is 0 Å². The van der Waals surface area contributed by atoms with Crippen LogP contribution in [0.15, 0.2) is 23.6 Å². The van der Waals surface area contributed by atoms with E-state index in [9.17, 15) is 8.42 Å². The van der Waals surface area contributed by atoms with E-state index in [4.69, 9.17) is 9.47 Å². The highest BCUT2D eigenvalue weighted by Gasteiger charge is 2.10. The van der Waals surface area contributed by atoms with Crippen LogP contribution in [0.25, 0.3) is 6.08 Å². The lowest BCUT2D eigenvalue weighted by Gasteiger charge is -2.18. The molecule has 0 aromatic heterocycles. The topological polar surface area (TPSA) is 52.6 Å². The first-order valence-corrected chi connectivity index (χ1v) is 6.78. The Balaban J connectivity index is 2.27. The molecule has 0 unspecified atom stereocenters. The average molecular weight is 240 g/mol. The second kappa shape index (κ2) is 4.17. The zero-order valence-corrected chi connectivity index (χ0v) is 9.66. The summed E-state index contributed by atoms with van der Waals surface area (Å²) in [6.45, 7) is 1.07. The van der Waals surface area contributed by atoms with Crippen molar-refractivity contribution in [3.05, 3.63) is 29.2 Å². The molecule has 86 valence electrons. The van der Waals surface area contributed by atoms with Crippen molar-refractivity contribution in [3.8, 4) is 11.5 Å². The Morgan fingerprint density at radius 2 is 1.88 bits per heavy atom. The molecular formula is C11H12O4S. The highest BCUT2D eigenvalue weighted by Crippen LogP contribution is 2.31. The Kier molecular flexibility index (Phi) is 2.87. The molecular weight excluding hydrogens is 228 g/mol. The van der Waals surface area contributed by atoms with E-state index in [1.807, 2.05) is 0 Å². The fraction of sp³-hybridized carbons (Fsp3) is 0.273. The molecule has 4 nitrogen and oxygen atoms in total. The van der Waals surface area contributed by atoms with Gasteiger partial charge in [-0.05, 0) is 23.8 Å². The molecule has 0 N–H and O–H groups in total. The van der Waals surface area contributed by atoms with E-state index in [0.29, 0.717) is 24.7 Å². The van der Waals surface area contributed by atoms with Crippen LogP contribution < -0.4 is 9.47 Å². The lowest BCUT2D eigenvalue weighted by atomic mass is 10.2. The standard InChI is InChI=1S/C11H12O4S/c1-16(12,13)7-4-9-2-3-10-11(8-9)15-6-5-14-10/h2-4,7-8H,5-6H2,1H3/b7-4+. The smallest absolute Gasteiger partial charge is 0.168 e. The first-order chi connectivity index (χ1) is 7.54. The molecule has 0 radical (unpaired) electrons. The van der Waals surface area contributed by atoms with Crippen LogP contribution in [0.1, 0.15) is 5.56 Å². The monoisotopic (exact) mass is 240 g/mol. The number of rotatable bonds is 2. The summed E-state index contributed by atoms with van der Waals surface area (Å²) in [4.78, 5) is 0. The fourth-order valence-electron chi connectivity index (χ4n) is 1.37. The lowest BCUT2D eigenvalue weighted by molar-refractivity contribution is 0.171. The molecule has 5 heteroatoms. The van der Waals surface area contributed by atoms with E-state index in [0.717, 1.165) is 11.8 Å². The van der Waals surface area contributed by atoms with Crippen molar-refractivity contribution in [2.24, 2.45) is 0 Å². The minimum Gasteiger partial charge on any atom is -0.486 e. The second-order valence-electron chi connectivity index (χ2n) is 3.54. The molecule has 0 atom stereocenters. The maximum absolute atomic E-state index is 11.0. The molecule has 1 aliphatic heterocycles. The maximum Gasteiger partial charge on any atom is 0.168 e. The number of benzene rings is 1. The van der Waals surface area contributed by atoms with E-state index in [1.54, 1.807) is 18.2 Å². The van der Waals surface area contributed by atoms with E-state index in [2.05, 4.69) is 0 Å². The Bertz CT molecular complexity index is 517. The third-order valence-corrected chi connectivity index (χ3v) is 2.70. The third-order valence-electron chi connectivity index (χ3n) is 2.07. The Morgan fingerprint density at radius 1 is 1.19 bits per heavy atom. The molecule has 0 spiro atoms. The third kappa shape index (κ3) is 2.76. The molecule has 0 saturated carbocycles. The van der Waals surface area contributed by atoms with Gasteiger partial charge in [0.1, 0.15) is 13.2 Å². The molecule has 0 aliphatic carbocycles. The molecule has 0 amide bonds. The second-order valence-corrected chi connectivity index (χ2v) is 5.47. The molecule has 16 heavy (non-hydrogen) atoms. The zero-order valence-electron chi connectivity index (χ0n) is 8.84. The summed E-state index contributed by atoms with van der Waals surface area (Å²) in [5, 5.41) is 1.17. The molecule has 0 bridgehead atoms. The highest BCUT2D eigenvalue weighted by atomic mass is 32.2. The summed E-state index contributed by atoms with van der Waals surface area (Å²) in [6.07, 6.45) is 2.69. The first kappa shape index (κ1) is 11.0. The van der Waals surface area contributed by atoms with E-state index >= 15 is 0 Å². The SMILES string of the molecule is CS(=O)(=O)/C=C/c1ccc2c(c1)OCCO2. The van der Waals surface area contributed by atoms with Crippen LogP contribution in [-0.4, -0.2) is 27.9 Å². The van der Waals surface area contributed by atoms with Gasteiger partial charge in [0.2, 0.25) is 0 Å². The molecule has 2 rings (SSSR count). The summed E-state index contributed by atoms with van der Waals surface area (Å²) in [5.41, 5.74) is 0.773. The number of sulfone groups is 1. The van der Waals surface area contributed by atoms with Gasteiger partial charge in [-0.1, -0.05) is 6.07 Å². The van der Waals surface area contributed by atoms with Crippen molar-refractivity contribution >= 4 is 15.9 Å². The summed E-state index contributed by atoms with van der Waals surface area (Å²) in [5.74, 6) is 1.35. The van der Waals surface area contributed by atoms with Gasteiger partial charge in [0.05, 0.1) is 0 Å². The van der Waals surface area contributed by atoms with Crippen molar-refractivity contribution in [2.75, 3.05) is 19.5 Å². The summed E-state index contributed by atoms with van der Waals surface area (Å²) in [6, 6.07) is 5.32. The fourth-order valence-corrected chi connectivity index (χ4v) is 1.77. The van der Waals surface area contributed by atoms with Crippen LogP contribution in [0.5, 0.6) is 11.5 Å². The molecule has 1 heterocycles. The summed E-state index contributed by atoms with van der Waals surface area (Å²) >= 11 is 0. The number of hydrogen-bond donors (Lipinski definition) is 0. The van der Waals surface area contributed by atoms with E-state index in [-0.39, 0.29) is 0 Å². The van der Waals surface area contributed by atoms with Gasteiger partial charge >= 0.3 is 0 Å². The maximum atomic E-state index is 11.0. The molecule has 0 fully saturated rings. The van der Waals surface area contributed by atoms with Gasteiger partial charge in [-0.2, -0.15) is 0 Å². The largest absolute Gasteiger partial charge is 0.486 e. The number of fused-ring (bicyclic) bond motifs is 1. The van der Waals surface area contributed by atoms with Crippen molar-refractivity contribution in [1.29, 1.82) is 0 Å². The molecule has 0 saturated heterocycles. The van der Waals surface area contributed by atoms with Crippen molar-refractivity contribution < 1.29 is 17.9 Å². The minimum atomic E-state index is -3.10. The molecule has 1 aromatic carbocycles. The summed E-state index contributed by atoms with van der Waals surface area (Å²) in [7, 11) is -3.10. The van der Waals surface area contributed by atoms with Gasteiger partial charge < -0.3 is 9.47 Å². The Labute approximate surface area is 94.4 Å². The lowest BCUT2D eigenvalue weighted by Crippen LogP contribution is -2.15. The normalized spacial score (nSPS) is 15.3. The van der Waals surface area contributed by atoms with Crippen molar-refractivity contribution in [3.63, 3.8) is 0 Å². The summed E-state index contributed by atoms with van der Waals surface area (Å²) < 4.78 is 32.6. The Hall–Kier alpha value is -1.49. The van der Waals surface area contributed by atoms with Crippen LogP contribution in [0.3, 0.4) is 0 Å². The van der Waals surface area contributed by atoms with Crippen molar-refractivity contribution in [2.45, 2.75) is 0 Å². The number of hydrogen-bond acceptors (Lipinski definition) is 4. The van der Waals surface area contributed by atoms with Gasteiger partial charge in [0.15, 0.2) is 21.3 Å². The average Bonchev–Trinajstić information content (AvgIpc) is 2.25. The molecule has 1 aromatic rings. The van der Waals surface area contributed by atoms with Crippen LogP contribution in [0.2, 0.25) is 0 Å². The van der Waals surface area contributed by atoms with Crippen LogP contribution in [0.4, 0.5) is 0 Å². The predicted octanol–water partition coefficient (Wildman–Crippen LogP) is 1.47. The van der Waals surface area contributed by atoms with Gasteiger partial charge in [0, 0.05) is 11.7 Å². The van der Waals surface area contributed by atoms with Crippen molar-refractivity contribution in [1.82, 2.24) is 0 Å². The van der Waals surface area contributed by atoms with E-state index in [1.165, 1.54) is 11.5 Å². The van der Waals surface area contributed by atoms with Crippen LogP contribution >= 0.6 is 0 Å². The highest BCUT2D eigenvalue weighted by molar-refractivity contribution is 7.93. The van der Waals surface area contributed by atoms with Gasteiger partial charge in [0.25, 0.3) is 0 Å². The molecule has 1 aliphatic rings. The quantitative estimate of drug-likeness (QED) is 0.785. The van der Waals surface area contributed by atoms with Crippen LogP contribution in [-0.2, 0) is 9.84 Å². The van der Waals surface area contributed by atoms with Gasteiger partial charge in [-0.3, -0.25) is 0 Å². The predicted molar refractivity (Wildman–Crippen MR) is 61.3 cm³/mol. The zero-order chi connectivity index (χ0) is 11.6. The van der Waals surface area contributed by atoms with E-state index < -0.39 is 9.84 Å². The first-order valence-electron chi connectivity index (χ1n) is 4.82. The number of ether oxygens (including phenoxy) is 2. The van der Waals surface area contributed by atoms with Gasteiger partial charge in [-0.25, -0.2) is 8.42 Å². The Morgan fingerprint density at radius 3 is 2.56 bits per heavy atom.